The molecule has 0 bridgehead atoms. The van der Waals surface area contributed by atoms with Gasteiger partial charge in [-0.3, -0.25) is 4.79 Å². The lowest BCUT2D eigenvalue weighted by atomic mass is 9.90. The van der Waals surface area contributed by atoms with E-state index in [2.05, 4.69) is 19.1 Å². The SMILES string of the molecule is Cc1cc(OC[C@@H](O)CO)cc(C)c1-c1cccc(COc2ccc3c(c2)OC2(CC2)C3CC(=O)O)c1C. The quantitative estimate of drug-likeness (QED) is 0.344. The molecule has 3 aromatic rings. The number of aliphatic hydroxyl groups is 2. The standard InChI is InChI=1S/C31H34O7/c1-18-11-24(37-17-22(33)15-32)12-19(2)30(18)25-6-4-5-21(20(25)3)16-36-23-7-8-26-27(14-29(34)35)31(9-10-31)38-28(26)13-23/h4-8,11-13,22,27,32-33H,9-10,14-17H2,1-3H3,(H,34,35)/t22-,27?/m0/s1. The number of fused-ring (bicyclic) bond motifs is 1. The molecule has 7 nitrogen and oxygen atoms in total. The first-order valence-electron chi connectivity index (χ1n) is 13.0. The smallest absolute Gasteiger partial charge is 0.304 e. The maximum atomic E-state index is 11.4. The van der Waals surface area contributed by atoms with E-state index in [1.165, 1.54) is 0 Å². The van der Waals surface area contributed by atoms with Crippen LogP contribution in [0.3, 0.4) is 0 Å². The van der Waals surface area contributed by atoms with E-state index < -0.39 is 12.1 Å². The second-order valence-corrected chi connectivity index (χ2v) is 10.5. The summed E-state index contributed by atoms with van der Waals surface area (Å²) >= 11 is 0. The second-order valence-electron chi connectivity index (χ2n) is 10.5. The largest absolute Gasteiger partial charge is 0.491 e. The molecule has 1 aliphatic carbocycles. The van der Waals surface area contributed by atoms with Gasteiger partial charge in [0, 0.05) is 17.5 Å². The summed E-state index contributed by atoms with van der Waals surface area (Å²) in [5.41, 5.74) is 7.16. The summed E-state index contributed by atoms with van der Waals surface area (Å²) in [4.78, 5) is 11.4. The third-order valence-corrected chi connectivity index (χ3v) is 7.70. The van der Waals surface area contributed by atoms with E-state index in [0.29, 0.717) is 18.1 Å². The third kappa shape index (κ3) is 5.08. The van der Waals surface area contributed by atoms with Gasteiger partial charge in [-0.1, -0.05) is 24.3 Å². The van der Waals surface area contributed by atoms with Crippen LogP contribution in [0.4, 0.5) is 0 Å². The normalized spacial score (nSPS) is 17.6. The van der Waals surface area contributed by atoms with Gasteiger partial charge in [-0.15, -0.1) is 0 Å². The Kier molecular flexibility index (Phi) is 7.07. The van der Waals surface area contributed by atoms with Crippen molar-refractivity contribution in [3.8, 4) is 28.4 Å². The highest BCUT2D eigenvalue weighted by molar-refractivity contribution is 5.75. The van der Waals surface area contributed by atoms with Crippen LogP contribution in [0.5, 0.6) is 17.2 Å². The lowest BCUT2D eigenvalue weighted by molar-refractivity contribution is -0.138. The third-order valence-electron chi connectivity index (χ3n) is 7.70. The van der Waals surface area contributed by atoms with E-state index in [1.807, 2.05) is 50.2 Å². The minimum Gasteiger partial charge on any atom is -0.491 e. The average molecular weight is 519 g/mol. The van der Waals surface area contributed by atoms with Gasteiger partial charge in [-0.05, 0) is 85.2 Å². The zero-order valence-electron chi connectivity index (χ0n) is 22.0. The molecule has 0 amide bonds. The highest BCUT2D eigenvalue weighted by Crippen LogP contribution is 2.59. The molecule has 2 atom stereocenters. The fourth-order valence-electron chi connectivity index (χ4n) is 5.55. The van der Waals surface area contributed by atoms with Crippen molar-refractivity contribution < 1.29 is 34.3 Å². The highest BCUT2D eigenvalue weighted by atomic mass is 16.5. The van der Waals surface area contributed by atoms with Crippen molar-refractivity contribution in [1.29, 1.82) is 0 Å². The van der Waals surface area contributed by atoms with Crippen molar-refractivity contribution in [2.45, 2.75) is 64.3 Å². The number of aryl methyl sites for hydroxylation is 2. The van der Waals surface area contributed by atoms with Crippen LogP contribution in [-0.4, -0.2) is 46.2 Å². The van der Waals surface area contributed by atoms with Crippen LogP contribution in [-0.2, 0) is 11.4 Å². The number of hydrogen-bond acceptors (Lipinski definition) is 6. The van der Waals surface area contributed by atoms with Crippen molar-refractivity contribution in [1.82, 2.24) is 0 Å². The van der Waals surface area contributed by atoms with Gasteiger partial charge in [-0.2, -0.15) is 0 Å². The van der Waals surface area contributed by atoms with E-state index >= 15 is 0 Å². The molecule has 1 aliphatic heterocycles. The predicted molar refractivity (Wildman–Crippen MR) is 143 cm³/mol. The molecule has 3 N–H and O–H groups in total. The first kappa shape index (κ1) is 26.1. The van der Waals surface area contributed by atoms with Gasteiger partial charge in [0.1, 0.15) is 42.2 Å². The molecule has 0 aromatic heterocycles. The Morgan fingerprint density at radius 2 is 1.79 bits per heavy atom. The fraction of sp³-hybridized carbons (Fsp3) is 0.387. The van der Waals surface area contributed by atoms with Crippen molar-refractivity contribution in [3.63, 3.8) is 0 Å². The summed E-state index contributed by atoms with van der Waals surface area (Å²) in [5.74, 6) is 1.18. The van der Waals surface area contributed by atoms with Crippen LogP contribution in [0.2, 0.25) is 0 Å². The summed E-state index contributed by atoms with van der Waals surface area (Å²) in [7, 11) is 0. The number of aliphatic hydroxyl groups excluding tert-OH is 2. The van der Waals surface area contributed by atoms with Crippen LogP contribution in [0.1, 0.15) is 53.0 Å². The number of carbonyl (C=O) groups is 1. The van der Waals surface area contributed by atoms with Crippen molar-refractivity contribution >= 4 is 5.97 Å². The van der Waals surface area contributed by atoms with Gasteiger partial charge >= 0.3 is 5.97 Å². The minimum absolute atomic E-state index is 0.0372. The molecule has 2 aliphatic rings. The van der Waals surface area contributed by atoms with Crippen LogP contribution in [0, 0.1) is 20.8 Å². The lowest BCUT2D eigenvalue weighted by Gasteiger charge is -2.18. The topological polar surface area (TPSA) is 105 Å². The van der Waals surface area contributed by atoms with Crippen LogP contribution in [0.25, 0.3) is 11.1 Å². The maximum Gasteiger partial charge on any atom is 0.304 e. The van der Waals surface area contributed by atoms with E-state index in [9.17, 15) is 15.0 Å². The number of rotatable bonds is 10. The summed E-state index contributed by atoms with van der Waals surface area (Å²) in [5, 5.41) is 28.0. The first-order valence-corrected chi connectivity index (χ1v) is 13.0. The van der Waals surface area contributed by atoms with Gasteiger partial charge in [0.2, 0.25) is 0 Å². The van der Waals surface area contributed by atoms with Crippen molar-refractivity contribution in [3.05, 3.63) is 76.3 Å². The Morgan fingerprint density at radius 3 is 2.45 bits per heavy atom. The molecule has 1 heterocycles. The van der Waals surface area contributed by atoms with Crippen LogP contribution in [0.15, 0.2) is 48.5 Å². The summed E-state index contributed by atoms with van der Waals surface area (Å²) in [6.45, 7) is 6.25. The van der Waals surface area contributed by atoms with E-state index in [4.69, 9.17) is 19.3 Å². The van der Waals surface area contributed by atoms with Gasteiger partial charge in [-0.25, -0.2) is 0 Å². The molecular formula is C31H34O7. The Hall–Kier alpha value is -3.55. The summed E-state index contributed by atoms with van der Waals surface area (Å²) in [6, 6.07) is 15.8. The molecule has 38 heavy (non-hydrogen) atoms. The fourth-order valence-corrected chi connectivity index (χ4v) is 5.55. The molecular weight excluding hydrogens is 484 g/mol. The number of benzene rings is 3. The maximum absolute atomic E-state index is 11.4. The zero-order valence-corrected chi connectivity index (χ0v) is 22.0. The Labute approximate surface area is 222 Å². The van der Waals surface area contributed by atoms with Gasteiger partial charge < -0.3 is 29.5 Å². The van der Waals surface area contributed by atoms with Crippen LogP contribution >= 0.6 is 0 Å². The van der Waals surface area contributed by atoms with E-state index in [-0.39, 0.29) is 31.2 Å². The molecule has 0 saturated heterocycles. The Morgan fingerprint density at radius 1 is 1.05 bits per heavy atom. The Bertz CT molecular complexity index is 1340. The second kappa shape index (κ2) is 10.3. The predicted octanol–water partition coefficient (Wildman–Crippen LogP) is 5.07. The number of aliphatic carboxylic acids is 1. The van der Waals surface area contributed by atoms with Gasteiger partial charge in [0.15, 0.2) is 0 Å². The molecule has 3 aromatic carbocycles. The molecule has 1 spiro atoms. The molecule has 5 rings (SSSR count). The van der Waals surface area contributed by atoms with Gasteiger partial charge in [0.05, 0.1) is 13.0 Å². The monoisotopic (exact) mass is 518 g/mol. The van der Waals surface area contributed by atoms with E-state index in [1.54, 1.807) is 0 Å². The average Bonchev–Trinajstić information content (AvgIpc) is 3.59. The summed E-state index contributed by atoms with van der Waals surface area (Å²) in [6.07, 6.45) is 0.944. The molecule has 7 heteroatoms. The number of carboxylic acids is 1. The first-order chi connectivity index (χ1) is 18.2. The Balaban J connectivity index is 1.33. The number of hydrogen-bond donors (Lipinski definition) is 3. The summed E-state index contributed by atoms with van der Waals surface area (Å²) < 4.78 is 18.0. The minimum atomic E-state index is -0.910. The molecule has 200 valence electrons. The number of ether oxygens (including phenoxy) is 3. The lowest BCUT2D eigenvalue weighted by Crippen LogP contribution is -2.22. The molecule has 1 unspecified atom stereocenters. The van der Waals surface area contributed by atoms with E-state index in [0.717, 1.165) is 57.5 Å². The molecule has 1 saturated carbocycles. The van der Waals surface area contributed by atoms with Crippen molar-refractivity contribution in [2.24, 2.45) is 0 Å². The highest BCUT2D eigenvalue weighted by Gasteiger charge is 2.57. The van der Waals surface area contributed by atoms with Gasteiger partial charge in [0.25, 0.3) is 0 Å². The van der Waals surface area contributed by atoms with Crippen LogP contribution < -0.4 is 14.2 Å². The van der Waals surface area contributed by atoms with Crippen molar-refractivity contribution in [2.75, 3.05) is 13.2 Å². The zero-order chi connectivity index (χ0) is 27.0. The number of carboxylic acid groups (broad SMARTS) is 1. The molecule has 1 fully saturated rings. The molecule has 0 radical (unpaired) electrons.